The van der Waals surface area contributed by atoms with Gasteiger partial charge in [-0.25, -0.2) is 4.98 Å². The van der Waals surface area contributed by atoms with Crippen LogP contribution in [0, 0.1) is 6.92 Å². The number of fused-ring (bicyclic) bond motifs is 1. The number of nitrogens with zero attached hydrogens (tertiary/aromatic N) is 3. The van der Waals surface area contributed by atoms with Gasteiger partial charge in [0.1, 0.15) is 5.82 Å². The van der Waals surface area contributed by atoms with Crippen molar-refractivity contribution in [2.45, 2.75) is 38.8 Å². The van der Waals surface area contributed by atoms with E-state index in [0.29, 0.717) is 12.1 Å². The molecule has 0 amide bonds. The minimum absolute atomic E-state index is 0.326. The molecule has 1 unspecified atom stereocenters. The number of hydrogen-bond donors (Lipinski definition) is 1. The second-order valence-corrected chi connectivity index (χ2v) is 6.45. The average Bonchev–Trinajstić information content (AvgIpc) is 2.85. The SMILES string of the molecule is Cc1ccc2c(c1)nc(C(C)N(C)C)n2C1CCNCC1. The maximum Gasteiger partial charge on any atom is 0.127 e. The summed E-state index contributed by atoms with van der Waals surface area (Å²) in [6, 6.07) is 7.54. The predicted octanol–water partition coefficient (Wildman–Crippen LogP) is 2.89. The lowest BCUT2D eigenvalue weighted by molar-refractivity contribution is 0.283. The van der Waals surface area contributed by atoms with Gasteiger partial charge in [-0.15, -0.1) is 0 Å². The van der Waals surface area contributed by atoms with E-state index in [1.54, 1.807) is 0 Å². The van der Waals surface area contributed by atoms with Crippen molar-refractivity contribution < 1.29 is 0 Å². The standard InChI is InChI=1S/C17H26N4/c1-12-5-6-16-15(11-12)19-17(13(2)20(3)4)21(16)14-7-9-18-10-8-14/h5-6,11,13-14,18H,7-10H2,1-4H3. The smallest absolute Gasteiger partial charge is 0.127 e. The summed E-state index contributed by atoms with van der Waals surface area (Å²) in [6.07, 6.45) is 2.37. The van der Waals surface area contributed by atoms with Crippen LogP contribution >= 0.6 is 0 Å². The van der Waals surface area contributed by atoms with Crippen LogP contribution in [0.1, 0.15) is 43.2 Å². The average molecular weight is 286 g/mol. The van der Waals surface area contributed by atoms with Crippen LogP contribution in [-0.2, 0) is 0 Å². The summed E-state index contributed by atoms with van der Waals surface area (Å²) in [5.41, 5.74) is 3.70. The summed E-state index contributed by atoms with van der Waals surface area (Å²) in [5.74, 6) is 1.20. The molecule has 0 aliphatic carbocycles. The van der Waals surface area contributed by atoms with Crippen molar-refractivity contribution >= 4 is 11.0 Å². The molecule has 3 rings (SSSR count). The van der Waals surface area contributed by atoms with Gasteiger partial charge >= 0.3 is 0 Å². The molecular weight excluding hydrogens is 260 g/mol. The third kappa shape index (κ3) is 2.70. The van der Waals surface area contributed by atoms with E-state index in [1.165, 1.54) is 29.7 Å². The lowest BCUT2D eigenvalue weighted by atomic mass is 10.1. The summed E-state index contributed by atoms with van der Waals surface area (Å²) in [4.78, 5) is 7.21. The van der Waals surface area contributed by atoms with Crippen molar-refractivity contribution in [3.05, 3.63) is 29.6 Å². The number of nitrogens with one attached hydrogen (secondary N) is 1. The van der Waals surface area contributed by atoms with Crippen LogP contribution < -0.4 is 5.32 Å². The third-order valence-corrected chi connectivity index (χ3v) is 4.69. The molecule has 4 heteroatoms. The molecule has 1 aliphatic heterocycles. The van der Waals surface area contributed by atoms with Crippen LogP contribution in [0.4, 0.5) is 0 Å². The lowest BCUT2D eigenvalue weighted by Crippen LogP contribution is -2.31. The van der Waals surface area contributed by atoms with Crippen LogP contribution in [0.5, 0.6) is 0 Å². The Hall–Kier alpha value is -1.39. The lowest BCUT2D eigenvalue weighted by Gasteiger charge is -2.29. The molecule has 1 saturated heterocycles. The first-order valence-corrected chi connectivity index (χ1v) is 7.93. The normalized spacial score (nSPS) is 18.5. The van der Waals surface area contributed by atoms with Crippen molar-refractivity contribution in [1.29, 1.82) is 0 Å². The van der Waals surface area contributed by atoms with Gasteiger partial charge in [0.05, 0.1) is 17.1 Å². The molecule has 0 spiro atoms. The van der Waals surface area contributed by atoms with Crippen molar-refractivity contribution in [3.8, 4) is 0 Å². The highest BCUT2D eigenvalue weighted by Crippen LogP contribution is 2.31. The molecule has 0 bridgehead atoms. The second kappa shape index (κ2) is 5.78. The largest absolute Gasteiger partial charge is 0.323 e. The van der Waals surface area contributed by atoms with E-state index in [2.05, 4.69) is 60.9 Å². The zero-order valence-corrected chi connectivity index (χ0v) is 13.6. The Morgan fingerprint density at radius 1 is 1.29 bits per heavy atom. The van der Waals surface area contributed by atoms with E-state index < -0.39 is 0 Å². The summed E-state index contributed by atoms with van der Waals surface area (Å²) in [6.45, 7) is 6.58. The maximum absolute atomic E-state index is 4.97. The summed E-state index contributed by atoms with van der Waals surface area (Å²) in [7, 11) is 4.25. The van der Waals surface area contributed by atoms with E-state index in [4.69, 9.17) is 4.98 Å². The molecule has 0 saturated carbocycles. The second-order valence-electron chi connectivity index (χ2n) is 6.45. The summed E-state index contributed by atoms with van der Waals surface area (Å²) >= 11 is 0. The molecule has 1 aromatic carbocycles. The van der Waals surface area contributed by atoms with Crippen LogP contribution in [0.3, 0.4) is 0 Å². The summed E-state index contributed by atoms with van der Waals surface area (Å²) in [5, 5.41) is 3.46. The Balaban J connectivity index is 2.14. The van der Waals surface area contributed by atoms with Gasteiger partial charge in [-0.1, -0.05) is 6.07 Å². The molecule has 2 aromatic rings. The summed E-state index contributed by atoms with van der Waals surface area (Å²) < 4.78 is 2.50. The van der Waals surface area contributed by atoms with E-state index in [1.807, 2.05) is 0 Å². The Morgan fingerprint density at radius 3 is 2.67 bits per heavy atom. The van der Waals surface area contributed by atoms with Gasteiger partial charge in [-0.2, -0.15) is 0 Å². The van der Waals surface area contributed by atoms with Crippen molar-refractivity contribution in [1.82, 2.24) is 19.8 Å². The topological polar surface area (TPSA) is 33.1 Å². The van der Waals surface area contributed by atoms with Gasteiger partial charge in [-0.3, -0.25) is 4.90 Å². The minimum atomic E-state index is 0.326. The highest BCUT2D eigenvalue weighted by Gasteiger charge is 2.24. The highest BCUT2D eigenvalue weighted by molar-refractivity contribution is 5.77. The zero-order valence-electron chi connectivity index (χ0n) is 13.6. The Morgan fingerprint density at radius 2 is 2.00 bits per heavy atom. The number of hydrogen-bond acceptors (Lipinski definition) is 3. The maximum atomic E-state index is 4.97. The molecular formula is C17H26N4. The van der Waals surface area contributed by atoms with Gasteiger partial charge in [0.2, 0.25) is 0 Å². The van der Waals surface area contributed by atoms with Crippen molar-refractivity contribution in [2.24, 2.45) is 0 Å². The molecule has 4 nitrogen and oxygen atoms in total. The van der Waals surface area contributed by atoms with Crippen LogP contribution in [0.15, 0.2) is 18.2 Å². The zero-order chi connectivity index (χ0) is 15.0. The highest BCUT2D eigenvalue weighted by atomic mass is 15.2. The Bertz CT molecular complexity index is 623. The van der Waals surface area contributed by atoms with Gasteiger partial charge in [0.25, 0.3) is 0 Å². The molecule has 1 aliphatic rings. The molecule has 21 heavy (non-hydrogen) atoms. The molecule has 0 radical (unpaired) electrons. The number of benzene rings is 1. The minimum Gasteiger partial charge on any atom is -0.323 e. The first-order valence-electron chi connectivity index (χ1n) is 7.93. The number of rotatable bonds is 3. The van der Waals surface area contributed by atoms with Crippen LogP contribution in [0.25, 0.3) is 11.0 Å². The van der Waals surface area contributed by atoms with Gasteiger partial charge in [0.15, 0.2) is 0 Å². The molecule has 114 valence electrons. The monoisotopic (exact) mass is 286 g/mol. The van der Waals surface area contributed by atoms with Crippen molar-refractivity contribution in [3.63, 3.8) is 0 Å². The van der Waals surface area contributed by atoms with Crippen LogP contribution in [-0.4, -0.2) is 41.6 Å². The quantitative estimate of drug-likeness (QED) is 0.942. The van der Waals surface area contributed by atoms with Gasteiger partial charge in [0, 0.05) is 6.04 Å². The number of imidazole rings is 1. The van der Waals surface area contributed by atoms with E-state index >= 15 is 0 Å². The fourth-order valence-electron chi connectivity index (χ4n) is 3.20. The molecule has 1 fully saturated rings. The fraction of sp³-hybridized carbons (Fsp3) is 0.588. The number of aromatic nitrogens is 2. The van der Waals surface area contributed by atoms with Gasteiger partial charge in [-0.05, 0) is 71.6 Å². The van der Waals surface area contributed by atoms with E-state index in [-0.39, 0.29) is 0 Å². The van der Waals surface area contributed by atoms with E-state index in [0.717, 1.165) is 18.6 Å². The third-order valence-electron chi connectivity index (χ3n) is 4.69. The molecule has 1 aromatic heterocycles. The molecule has 2 heterocycles. The molecule has 1 N–H and O–H groups in total. The Labute approximate surface area is 127 Å². The Kier molecular flexibility index (Phi) is 4.00. The number of piperidine rings is 1. The van der Waals surface area contributed by atoms with Gasteiger partial charge < -0.3 is 9.88 Å². The first kappa shape index (κ1) is 14.5. The first-order chi connectivity index (χ1) is 10.1. The van der Waals surface area contributed by atoms with E-state index in [9.17, 15) is 0 Å². The molecule has 1 atom stereocenters. The fourth-order valence-corrected chi connectivity index (χ4v) is 3.20. The number of aryl methyl sites for hydroxylation is 1. The van der Waals surface area contributed by atoms with Crippen molar-refractivity contribution in [2.75, 3.05) is 27.2 Å². The van der Waals surface area contributed by atoms with Crippen LogP contribution in [0.2, 0.25) is 0 Å². The predicted molar refractivity (Wildman–Crippen MR) is 87.7 cm³/mol.